The molecule has 18 heavy (non-hydrogen) atoms. The molecule has 3 rings (SSSR count). The summed E-state index contributed by atoms with van der Waals surface area (Å²) in [6.07, 6.45) is 1.25. The van der Waals surface area contributed by atoms with Crippen LogP contribution < -0.4 is 0 Å². The molecule has 0 heterocycles. The number of rotatable bonds is 3. The van der Waals surface area contributed by atoms with E-state index >= 15 is 0 Å². The second kappa shape index (κ2) is 4.45. The lowest BCUT2D eigenvalue weighted by molar-refractivity contribution is 1.03. The lowest BCUT2D eigenvalue weighted by Crippen LogP contribution is -1.88. The van der Waals surface area contributed by atoms with Crippen molar-refractivity contribution in [2.75, 3.05) is 0 Å². The molecular formula is C18H18. The zero-order valence-electron chi connectivity index (χ0n) is 10.8. The molecule has 90 valence electrons. The highest BCUT2D eigenvalue weighted by Crippen LogP contribution is 2.53. The van der Waals surface area contributed by atoms with Crippen molar-refractivity contribution in [1.29, 1.82) is 0 Å². The van der Waals surface area contributed by atoms with Crippen molar-refractivity contribution in [2.45, 2.75) is 19.3 Å². The van der Waals surface area contributed by atoms with Gasteiger partial charge in [-0.05, 0) is 41.9 Å². The van der Waals surface area contributed by atoms with Crippen LogP contribution in [0.1, 0.15) is 29.0 Å². The third kappa shape index (κ3) is 2.11. The Morgan fingerprint density at radius 3 is 2.33 bits per heavy atom. The van der Waals surface area contributed by atoms with E-state index in [4.69, 9.17) is 0 Å². The van der Waals surface area contributed by atoms with Gasteiger partial charge in [-0.2, -0.15) is 0 Å². The molecule has 0 bridgehead atoms. The second-order valence-electron chi connectivity index (χ2n) is 5.25. The van der Waals surface area contributed by atoms with E-state index in [1.807, 2.05) is 0 Å². The highest BCUT2D eigenvalue weighted by atomic mass is 14.4. The first-order valence-corrected chi connectivity index (χ1v) is 6.56. The predicted octanol–water partition coefficient (Wildman–Crippen LogP) is 4.81. The molecule has 0 saturated heterocycles. The van der Waals surface area contributed by atoms with Gasteiger partial charge in [-0.3, -0.25) is 0 Å². The maximum atomic E-state index is 4.28. The van der Waals surface area contributed by atoms with Crippen molar-refractivity contribution in [3.8, 4) is 0 Å². The molecule has 0 spiro atoms. The van der Waals surface area contributed by atoms with Crippen LogP contribution >= 0.6 is 0 Å². The molecule has 0 radical (unpaired) electrons. The fourth-order valence-electron chi connectivity index (χ4n) is 2.63. The van der Waals surface area contributed by atoms with Gasteiger partial charge in [-0.15, -0.1) is 0 Å². The molecule has 1 saturated carbocycles. The van der Waals surface area contributed by atoms with Crippen LogP contribution in [0, 0.1) is 12.8 Å². The van der Waals surface area contributed by atoms with Gasteiger partial charge in [-0.25, -0.2) is 0 Å². The quantitative estimate of drug-likeness (QED) is 0.714. The molecule has 2 atom stereocenters. The first-order chi connectivity index (χ1) is 8.75. The van der Waals surface area contributed by atoms with Gasteiger partial charge in [0.15, 0.2) is 0 Å². The molecule has 2 aromatic carbocycles. The molecule has 0 aromatic heterocycles. The van der Waals surface area contributed by atoms with E-state index < -0.39 is 0 Å². The number of allylic oxidation sites excluding steroid dienone is 1. The molecule has 0 N–H and O–H groups in total. The normalized spacial score (nSPS) is 21.6. The van der Waals surface area contributed by atoms with E-state index in [1.54, 1.807) is 0 Å². The summed E-state index contributed by atoms with van der Waals surface area (Å²) in [4.78, 5) is 0. The van der Waals surface area contributed by atoms with Gasteiger partial charge in [0, 0.05) is 0 Å². The van der Waals surface area contributed by atoms with Gasteiger partial charge in [0.05, 0.1) is 0 Å². The third-order valence-corrected chi connectivity index (χ3v) is 3.89. The minimum absolute atomic E-state index is 0.634. The minimum Gasteiger partial charge on any atom is -0.0949 e. The zero-order chi connectivity index (χ0) is 12.5. The Kier molecular flexibility index (Phi) is 2.79. The zero-order valence-corrected chi connectivity index (χ0v) is 10.8. The summed E-state index contributed by atoms with van der Waals surface area (Å²) in [6.45, 7) is 6.42. The van der Waals surface area contributed by atoms with Crippen molar-refractivity contribution in [3.63, 3.8) is 0 Å². The maximum absolute atomic E-state index is 4.28. The van der Waals surface area contributed by atoms with E-state index in [2.05, 4.69) is 68.1 Å². The lowest BCUT2D eigenvalue weighted by Gasteiger charge is -2.05. The Balaban J connectivity index is 1.75. The van der Waals surface area contributed by atoms with Gasteiger partial charge >= 0.3 is 0 Å². The molecular weight excluding hydrogens is 216 g/mol. The monoisotopic (exact) mass is 234 g/mol. The van der Waals surface area contributed by atoms with Gasteiger partial charge in [0.1, 0.15) is 0 Å². The molecule has 1 fully saturated rings. The summed E-state index contributed by atoms with van der Waals surface area (Å²) in [5.74, 6) is 1.31. The molecule has 0 aliphatic heterocycles. The number of benzene rings is 2. The molecule has 1 aliphatic rings. The molecule has 2 aromatic rings. The summed E-state index contributed by atoms with van der Waals surface area (Å²) < 4.78 is 0. The number of aryl methyl sites for hydroxylation is 1. The van der Waals surface area contributed by atoms with Crippen molar-refractivity contribution in [3.05, 3.63) is 77.9 Å². The van der Waals surface area contributed by atoms with Crippen LogP contribution in [0.5, 0.6) is 0 Å². The predicted molar refractivity (Wildman–Crippen MR) is 77.5 cm³/mol. The summed E-state index contributed by atoms with van der Waals surface area (Å²) >= 11 is 0. The SMILES string of the molecule is C=C(c1ccccc1)[C@H]1C[C@@H]1c1ccc(C)cc1. The Bertz CT molecular complexity index is 548. The summed E-state index contributed by atoms with van der Waals surface area (Å²) in [6, 6.07) is 19.5. The highest BCUT2D eigenvalue weighted by molar-refractivity contribution is 5.69. The van der Waals surface area contributed by atoms with Crippen LogP contribution in [-0.2, 0) is 0 Å². The van der Waals surface area contributed by atoms with Crippen LogP contribution in [0.15, 0.2) is 61.2 Å². The molecule has 1 aliphatic carbocycles. The Morgan fingerprint density at radius 1 is 1.00 bits per heavy atom. The minimum atomic E-state index is 0.634. The number of hydrogen-bond donors (Lipinski definition) is 0. The topological polar surface area (TPSA) is 0 Å². The Hall–Kier alpha value is -1.82. The summed E-state index contributed by atoms with van der Waals surface area (Å²) in [7, 11) is 0. The molecule has 0 amide bonds. The standard InChI is InChI=1S/C18H18/c1-13-8-10-16(11-9-13)18-12-17(18)14(2)15-6-4-3-5-7-15/h3-11,17-18H,2,12H2,1H3/t17-,18-/m1/s1. The van der Waals surface area contributed by atoms with Crippen LogP contribution in [0.25, 0.3) is 5.57 Å². The molecule has 0 nitrogen and oxygen atoms in total. The van der Waals surface area contributed by atoms with Crippen LogP contribution in [0.3, 0.4) is 0 Å². The van der Waals surface area contributed by atoms with Crippen LogP contribution in [-0.4, -0.2) is 0 Å². The smallest absolute Gasteiger partial charge is 0.00868 e. The van der Waals surface area contributed by atoms with E-state index in [-0.39, 0.29) is 0 Å². The largest absolute Gasteiger partial charge is 0.0949 e. The Labute approximate surface area is 109 Å². The van der Waals surface area contributed by atoms with Crippen molar-refractivity contribution in [2.24, 2.45) is 5.92 Å². The van der Waals surface area contributed by atoms with E-state index in [1.165, 1.54) is 28.7 Å². The lowest BCUT2D eigenvalue weighted by atomic mass is 9.99. The third-order valence-electron chi connectivity index (χ3n) is 3.89. The van der Waals surface area contributed by atoms with Gasteiger partial charge in [0.25, 0.3) is 0 Å². The molecule has 0 unspecified atom stereocenters. The fourth-order valence-corrected chi connectivity index (χ4v) is 2.63. The second-order valence-corrected chi connectivity index (χ2v) is 5.25. The van der Waals surface area contributed by atoms with Crippen molar-refractivity contribution >= 4 is 5.57 Å². The van der Waals surface area contributed by atoms with Crippen molar-refractivity contribution < 1.29 is 0 Å². The van der Waals surface area contributed by atoms with Gasteiger partial charge < -0.3 is 0 Å². The molecule has 0 heteroatoms. The average Bonchev–Trinajstić information content (AvgIpc) is 3.20. The fraction of sp³-hybridized carbons (Fsp3) is 0.222. The maximum Gasteiger partial charge on any atom is -0.00868 e. The van der Waals surface area contributed by atoms with Gasteiger partial charge in [-0.1, -0.05) is 66.7 Å². The van der Waals surface area contributed by atoms with Crippen molar-refractivity contribution in [1.82, 2.24) is 0 Å². The Morgan fingerprint density at radius 2 is 1.67 bits per heavy atom. The first-order valence-electron chi connectivity index (χ1n) is 6.56. The number of hydrogen-bond acceptors (Lipinski definition) is 0. The summed E-state index contributed by atoms with van der Waals surface area (Å²) in [5.41, 5.74) is 5.37. The van der Waals surface area contributed by atoms with E-state index in [0.29, 0.717) is 11.8 Å². The van der Waals surface area contributed by atoms with Crippen LogP contribution in [0.4, 0.5) is 0 Å². The van der Waals surface area contributed by atoms with E-state index in [9.17, 15) is 0 Å². The first kappa shape index (κ1) is 11.3. The summed E-state index contributed by atoms with van der Waals surface area (Å²) in [5, 5.41) is 0. The van der Waals surface area contributed by atoms with Crippen LogP contribution in [0.2, 0.25) is 0 Å². The van der Waals surface area contributed by atoms with Gasteiger partial charge in [0.2, 0.25) is 0 Å². The van der Waals surface area contributed by atoms with E-state index in [0.717, 1.165) is 0 Å². The highest BCUT2D eigenvalue weighted by Gasteiger charge is 2.40. The average molecular weight is 234 g/mol.